The molecule has 0 fully saturated rings. The lowest BCUT2D eigenvalue weighted by Gasteiger charge is -2.13. The van der Waals surface area contributed by atoms with Crippen LogP contribution in [-0.2, 0) is 9.84 Å². The second-order valence-electron chi connectivity index (χ2n) is 4.26. The molecule has 0 radical (unpaired) electrons. The highest BCUT2D eigenvalue weighted by Gasteiger charge is 2.22. The minimum absolute atomic E-state index is 0.0221. The smallest absolute Gasteiger partial charge is 0.177 e. The first-order valence-electron chi connectivity index (χ1n) is 5.46. The van der Waals surface area contributed by atoms with E-state index in [2.05, 4.69) is 0 Å². The fourth-order valence-electron chi connectivity index (χ4n) is 1.78. The first-order valence-corrected chi connectivity index (χ1v) is 9.24. The van der Waals surface area contributed by atoms with Crippen LogP contribution in [0.15, 0.2) is 29.2 Å². The molecule has 2 aromatic carbocycles. The topological polar surface area (TPSA) is 34.1 Å². The minimum atomic E-state index is -3.55. The van der Waals surface area contributed by atoms with Gasteiger partial charge in [-0.05, 0) is 18.2 Å². The molecule has 0 atom stereocenters. The van der Waals surface area contributed by atoms with E-state index < -0.39 is 9.84 Å². The Morgan fingerprint density at radius 2 is 1.48 bits per heavy atom. The van der Waals surface area contributed by atoms with Gasteiger partial charge in [0.2, 0.25) is 0 Å². The quantitative estimate of drug-likeness (QED) is 0.573. The fraction of sp³-hybridized carbons (Fsp3) is 0.0769. The average molecular weight is 405 g/mol. The monoisotopic (exact) mass is 402 g/mol. The van der Waals surface area contributed by atoms with Crippen LogP contribution in [0.5, 0.6) is 0 Å². The van der Waals surface area contributed by atoms with E-state index in [0.29, 0.717) is 21.2 Å². The molecule has 0 N–H and O–H groups in total. The van der Waals surface area contributed by atoms with E-state index in [1.165, 1.54) is 12.1 Å². The molecule has 2 aromatic rings. The van der Waals surface area contributed by atoms with Crippen LogP contribution in [0.3, 0.4) is 0 Å². The molecule has 0 spiro atoms. The molecule has 0 saturated heterocycles. The Kier molecular flexibility index (Phi) is 5.04. The van der Waals surface area contributed by atoms with Gasteiger partial charge >= 0.3 is 0 Å². The number of benzene rings is 2. The zero-order chi connectivity index (χ0) is 15.9. The highest BCUT2D eigenvalue weighted by molar-refractivity contribution is 7.90. The highest BCUT2D eigenvalue weighted by Crippen LogP contribution is 2.45. The van der Waals surface area contributed by atoms with Crippen molar-refractivity contribution < 1.29 is 8.42 Å². The predicted octanol–water partition coefficient (Wildman–Crippen LogP) is 6.02. The van der Waals surface area contributed by atoms with Gasteiger partial charge < -0.3 is 0 Å². The molecular weight excluding hydrogens is 397 g/mol. The lowest BCUT2D eigenvalue weighted by molar-refractivity contribution is 0.602. The summed E-state index contributed by atoms with van der Waals surface area (Å²) in [5.74, 6) is 0. The molecule has 0 unspecified atom stereocenters. The van der Waals surface area contributed by atoms with Crippen molar-refractivity contribution in [1.82, 2.24) is 0 Å². The standard InChI is InChI=1S/C13H7Cl5O2S/c1-21(19,20)10-5-9(16)11(13(18)12(10)17)7-3-2-6(14)4-8(7)15/h2-5H,1H3. The molecule has 0 aliphatic rings. The van der Waals surface area contributed by atoms with Gasteiger partial charge in [-0.15, -0.1) is 0 Å². The van der Waals surface area contributed by atoms with E-state index in [4.69, 9.17) is 58.0 Å². The van der Waals surface area contributed by atoms with Crippen molar-refractivity contribution in [3.05, 3.63) is 49.4 Å². The maximum absolute atomic E-state index is 11.7. The van der Waals surface area contributed by atoms with E-state index >= 15 is 0 Å². The van der Waals surface area contributed by atoms with Crippen molar-refractivity contribution in [2.45, 2.75) is 4.90 Å². The van der Waals surface area contributed by atoms with Gasteiger partial charge in [0.15, 0.2) is 9.84 Å². The molecule has 0 bridgehead atoms. The fourth-order valence-corrected chi connectivity index (χ4v) is 4.39. The number of halogens is 5. The summed E-state index contributed by atoms with van der Waals surface area (Å²) in [6.07, 6.45) is 1.02. The lowest BCUT2D eigenvalue weighted by atomic mass is 10.1. The van der Waals surface area contributed by atoms with Crippen molar-refractivity contribution in [3.8, 4) is 11.1 Å². The van der Waals surface area contributed by atoms with E-state index in [0.717, 1.165) is 6.26 Å². The van der Waals surface area contributed by atoms with Crippen LogP contribution in [0.1, 0.15) is 0 Å². The van der Waals surface area contributed by atoms with Gasteiger partial charge in [-0.1, -0.05) is 64.1 Å². The van der Waals surface area contributed by atoms with Crippen molar-refractivity contribution in [1.29, 1.82) is 0 Å². The van der Waals surface area contributed by atoms with Crippen molar-refractivity contribution in [2.75, 3.05) is 6.26 Å². The summed E-state index contributed by atoms with van der Waals surface area (Å²) in [5.41, 5.74) is 0.871. The summed E-state index contributed by atoms with van der Waals surface area (Å²) in [6.45, 7) is 0. The predicted molar refractivity (Wildman–Crippen MR) is 90.0 cm³/mol. The van der Waals surface area contributed by atoms with Gasteiger partial charge in [-0.25, -0.2) is 8.42 Å². The Bertz CT molecular complexity index is 831. The Labute approximate surface area is 147 Å². The third-order valence-electron chi connectivity index (χ3n) is 2.73. The summed E-state index contributed by atoms with van der Waals surface area (Å²) >= 11 is 30.4. The van der Waals surface area contributed by atoms with Crippen LogP contribution in [0.2, 0.25) is 25.1 Å². The van der Waals surface area contributed by atoms with Crippen molar-refractivity contribution in [3.63, 3.8) is 0 Å². The van der Waals surface area contributed by atoms with Crippen molar-refractivity contribution in [2.24, 2.45) is 0 Å². The zero-order valence-electron chi connectivity index (χ0n) is 10.4. The van der Waals surface area contributed by atoms with Crippen LogP contribution in [0.4, 0.5) is 0 Å². The van der Waals surface area contributed by atoms with Crippen LogP contribution >= 0.6 is 58.0 Å². The molecule has 2 nitrogen and oxygen atoms in total. The molecule has 112 valence electrons. The zero-order valence-corrected chi connectivity index (χ0v) is 15.0. The molecule has 8 heteroatoms. The Balaban J connectivity index is 2.81. The normalized spacial score (nSPS) is 11.7. The molecule has 0 aromatic heterocycles. The molecule has 0 aliphatic heterocycles. The van der Waals surface area contributed by atoms with Crippen LogP contribution in [-0.4, -0.2) is 14.7 Å². The first kappa shape index (κ1) is 17.2. The third kappa shape index (κ3) is 3.44. The van der Waals surface area contributed by atoms with Gasteiger partial charge in [0.05, 0.1) is 20.0 Å². The molecule has 0 amide bonds. The molecule has 0 heterocycles. The van der Waals surface area contributed by atoms with E-state index in [-0.39, 0.29) is 20.0 Å². The number of hydrogen-bond donors (Lipinski definition) is 0. The van der Waals surface area contributed by atoms with E-state index in [1.807, 2.05) is 0 Å². The maximum Gasteiger partial charge on any atom is 0.177 e. The highest BCUT2D eigenvalue weighted by atomic mass is 35.5. The molecule has 2 rings (SSSR count). The third-order valence-corrected chi connectivity index (χ3v) is 5.67. The van der Waals surface area contributed by atoms with Crippen molar-refractivity contribution >= 4 is 67.8 Å². The summed E-state index contributed by atoms with van der Waals surface area (Å²) < 4.78 is 23.3. The molecule has 0 saturated carbocycles. The maximum atomic E-state index is 11.7. The second kappa shape index (κ2) is 6.15. The Morgan fingerprint density at radius 1 is 0.857 bits per heavy atom. The van der Waals surface area contributed by atoms with Crippen LogP contribution < -0.4 is 0 Å². The number of hydrogen-bond acceptors (Lipinski definition) is 2. The SMILES string of the molecule is CS(=O)(=O)c1cc(Cl)c(-c2ccc(Cl)cc2Cl)c(Cl)c1Cl. The van der Waals surface area contributed by atoms with E-state index in [9.17, 15) is 8.42 Å². The largest absolute Gasteiger partial charge is 0.224 e. The van der Waals surface area contributed by atoms with Gasteiger partial charge in [-0.2, -0.15) is 0 Å². The van der Waals surface area contributed by atoms with Gasteiger partial charge in [0, 0.05) is 27.4 Å². The summed E-state index contributed by atoms with van der Waals surface area (Å²) in [6, 6.07) is 6.04. The number of rotatable bonds is 2. The molecule has 21 heavy (non-hydrogen) atoms. The van der Waals surface area contributed by atoms with Gasteiger partial charge in [0.25, 0.3) is 0 Å². The molecular formula is C13H7Cl5O2S. The van der Waals surface area contributed by atoms with E-state index in [1.54, 1.807) is 12.1 Å². The van der Waals surface area contributed by atoms with Crippen LogP contribution in [0, 0.1) is 0 Å². The van der Waals surface area contributed by atoms with Gasteiger partial charge in [-0.3, -0.25) is 0 Å². The lowest BCUT2D eigenvalue weighted by Crippen LogP contribution is -2.00. The molecule has 0 aliphatic carbocycles. The summed E-state index contributed by atoms with van der Waals surface area (Å²) in [4.78, 5) is -0.131. The van der Waals surface area contributed by atoms with Crippen LogP contribution in [0.25, 0.3) is 11.1 Å². The number of sulfone groups is 1. The first-order chi connectivity index (χ1) is 9.62. The minimum Gasteiger partial charge on any atom is -0.224 e. The average Bonchev–Trinajstić information content (AvgIpc) is 2.35. The van der Waals surface area contributed by atoms with Gasteiger partial charge in [0.1, 0.15) is 0 Å². The Morgan fingerprint density at radius 3 is 2.00 bits per heavy atom. The Hall–Kier alpha value is -0.160. The second-order valence-corrected chi connectivity index (χ2v) is 8.25. The summed E-state index contributed by atoms with van der Waals surface area (Å²) in [7, 11) is -3.55. The summed E-state index contributed by atoms with van der Waals surface area (Å²) in [5, 5.41) is 0.844.